The van der Waals surface area contributed by atoms with Gasteiger partial charge in [-0.3, -0.25) is 0 Å². The van der Waals surface area contributed by atoms with E-state index in [0.717, 1.165) is 18.0 Å². The number of phenols is 1. The van der Waals surface area contributed by atoms with Gasteiger partial charge < -0.3 is 10.0 Å². The van der Waals surface area contributed by atoms with E-state index < -0.39 is 50.9 Å². The Bertz CT molecular complexity index is 1700. The molecule has 4 aromatic rings. The number of halogens is 6. The molecule has 1 aliphatic heterocycles. The molecule has 2 aromatic heterocycles. The molecule has 40 heavy (non-hydrogen) atoms. The second-order valence-corrected chi connectivity index (χ2v) is 11.5. The SMILES string of the molecule is CS(=O)(=O)N1CCN(c2ncc3c(n2)c(Cl)nn3-c2cc(C(F)(F)F)c(F)c(O)c2F)[C@H](Cc2ccccc2)C1. The van der Waals surface area contributed by atoms with E-state index in [1.54, 1.807) is 4.90 Å². The standard InChI is InChI=1S/C24H20ClF5N6O3S/c1-40(38,39)34-7-8-35(14(12-34)9-13-5-3-2-4-6-13)23-31-11-17-20(32-23)22(25)33-36(17)16-10-15(24(28,29)30)18(26)21(37)19(16)27/h2-6,10-11,14,37H,7-9,12H2,1H3/t14-/m1/s1. The van der Waals surface area contributed by atoms with E-state index in [-0.39, 0.29) is 47.8 Å². The molecule has 1 N–H and O–H groups in total. The van der Waals surface area contributed by atoms with Crippen LogP contribution in [0.2, 0.25) is 5.15 Å². The van der Waals surface area contributed by atoms with Gasteiger partial charge in [0.25, 0.3) is 0 Å². The van der Waals surface area contributed by atoms with Gasteiger partial charge >= 0.3 is 6.18 Å². The third kappa shape index (κ3) is 5.15. The molecule has 0 aliphatic carbocycles. The quantitative estimate of drug-likeness (QED) is 0.342. The lowest BCUT2D eigenvalue weighted by Crippen LogP contribution is -2.56. The van der Waals surface area contributed by atoms with Crippen molar-refractivity contribution in [3.8, 4) is 11.4 Å². The maximum Gasteiger partial charge on any atom is 0.419 e. The van der Waals surface area contributed by atoms with Gasteiger partial charge in [0.05, 0.1) is 18.0 Å². The van der Waals surface area contributed by atoms with E-state index in [2.05, 4.69) is 15.1 Å². The van der Waals surface area contributed by atoms with E-state index in [1.165, 1.54) is 4.31 Å². The number of fused-ring (bicyclic) bond motifs is 1. The van der Waals surface area contributed by atoms with E-state index in [4.69, 9.17) is 11.6 Å². The molecule has 0 radical (unpaired) electrons. The van der Waals surface area contributed by atoms with Crippen molar-refractivity contribution in [3.63, 3.8) is 0 Å². The van der Waals surface area contributed by atoms with E-state index in [9.17, 15) is 35.5 Å². The summed E-state index contributed by atoms with van der Waals surface area (Å²) in [6, 6.07) is 9.12. The number of rotatable bonds is 5. The van der Waals surface area contributed by atoms with Gasteiger partial charge in [-0.05, 0) is 18.1 Å². The van der Waals surface area contributed by atoms with Crippen molar-refractivity contribution < 1.29 is 35.5 Å². The predicted octanol–water partition coefficient (Wildman–Crippen LogP) is 4.16. The van der Waals surface area contributed by atoms with Gasteiger partial charge in [-0.25, -0.2) is 31.8 Å². The van der Waals surface area contributed by atoms with Crippen molar-refractivity contribution in [2.75, 3.05) is 30.8 Å². The van der Waals surface area contributed by atoms with Crippen LogP contribution >= 0.6 is 11.6 Å². The summed E-state index contributed by atoms with van der Waals surface area (Å²) in [5.41, 5.74) is -2.03. The lowest BCUT2D eigenvalue weighted by molar-refractivity contribution is -0.140. The highest BCUT2D eigenvalue weighted by Crippen LogP contribution is 2.39. The molecule has 0 unspecified atom stereocenters. The zero-order chi connectivity index (χ0) is 29.0. The Hall–Kier alpha value is -3.56. The van der Waals surface area contributed by atoms with Crippen molar-refractivity contribution in [1.82, 2.24) is 24.1 Å². The summed E-state index contributed by atoms with van der Waals surface area (Å²) in [6.45, 7) is 0.512. The van der Waals surface area contributed by atoms with Gasteiger partial charge in [0.1, 0.15) is 16.7 Å². The Labute approximate surface area is 229 Å². The molecular weight excluding hydrogens is 583 g/mol. The van der Waals surface area contributed by atoms with Crippen LogP contribution in [0.15, 0.2) is 42.6 Å². The normalized spacial score (nSPS) is 17.1. The van der Waals surface area contributed by atoms with Crippen LogP contribution in [0, 0.1) is 11.6 Å². The summed E-state index contributed by atoms with van der Waals surface area (Å²) in [7, 11) is -3.48. The molecule has 0 amide bonds. The zero-order valence-electron chi connectivity index (χ0n) is 20.6. The van der Waals surface area contributed by atoms with Gasteiger partial charge in [-0.15, -0.1) is 0 Å². The maximum atomic E-state index is 14.8. The van der Waals surface area contributed by atoms with Crippen LogP contribution in [-0.2, 0) is 22.6 Å². The fourth-order valence-corrected chi connectivity index (χ4v) is 5.68. The van der Waals surface area contributed by atoms with Crippen LogP contribution in [0.25, 0.3) is 16.7 Å². The molecule has 2 aromatic carbocycles. The van der Waals surface area contributed by atoms with Crippen LogP contribution in [0.1, 0.15) is 11.1 Å². The first-order valence-electron chi connectivity index (χ1n) is 11.7. The highest BCUT2D eigenvalue weighted by Gasteiger charge is 2.38. The second kappa shape index (κ2) is 10.1. The average molecular weight is 603 g/mol. The van der Waals surface area contributed by atoms with Crippen molar-refractivity contribution in [1.29, 1.82) is 0 Å². The fourth-order valence-electron chi connectivity index (χ4n) is 4.61. The minimum atomic E-state index is -5.23. The third-order valence-electron chi connectivity index (χ3n) is 6.55. The lowest BCUT2D eigenvalue weighted by Gasteiger charge is -2.40. The molecule has 1 atom stereocenters. The highest BCUT2D eigenvalue weighted by molar-refractivity contribution is 7.88. The van der Waals surface area contributed by atoms with E-state index in [0.29, 0.717) is 11.1 Å². The third-order valence-corrected chi connectivity index (χ3v) is 8.07. The van der Waals surface area contributed by atoms with Crippen molar-refractivity contribution >= 4 is 38.6 Å². The summed E-state index contributed by atoms with van der Waals surface area (Å²) in [4.78, 5) is 10.5. The molecule has 9 nitrogen and oxygen atoms in total. The summed E-state index contributed by atoms with van der Waals surface area (Å²) < 4.78 is 95.2. The van der Waals surface area contributed by atoms with Crippen LogP contribution in [-0.4, -0.2) is 69.5 Å². The minimum absolute atomic E-state index is 0.0487. The number of alkyl halides is 3. The first kappa shape index (κ1) is 28.0. The van der Waals surface area contributed by atoms with E-state index in [1.807, 2.05) is 30.3 Å². The molecule has 5 rings (SSSR count). The van der Waals surface area contributed by atoms with Crippen LogP contribution < -0.4 is 4.90 Å². The number of hydrogen-bond donors (Lipinski definition) is 1. The van der Waals surface area contributed by atoms with Crippen molar-refractivity contribution in [2.45, 2.75) is 18.6 Å². The molecule has 212 valence electrons. The first-order valence-corrected chi connectivity index (χ1v) is 13.9. The van der Waals surface area contributed by atoms with Crippen molar-refractivity contribution in [2.24, 2.45) is 0 Å². The van der Waals surface area contributed by atoms with Gasteiger partial charge in [0.15, 0.2) is 22.5 Å². The smallest absolute Gasteiger partial charge is 0.419 e. The average Bonchev–Trinajstić information content (AvgIpc) is 3.22. The maximum absolute atomic E-state index is 14.8. The summed E-state index contributed by atoms with van der Waals surface area (Å²) in [6.07, 6.45) is -2.51. The Kier molecular flexibility index (Phi) is 7.08. The zero-order valence-corrected chi connectivity index (χ0v) is 22.1. The number of phenolic OH excluding ortho intramolecular Hbond substituents is 1. The number of benzene rings is 2. The van der Waals surface area contributed by atoms with Gasteiger partial charge in [0, 0.05) is 25.7 Å². The monoisotopic (exact) mass is 602 g/mol. The number of aromatic nitrogens is 4. The Morgan fingerprint density at radius 3 is 2.48 bits per heavy atom. The molecule has 16 heteroatoms. The molecular formula is C24H20ClF5N6O3S. The number of anilines is 1. The Morgan fingerprint density at radius 1 is 1.12 bits per heavy atom. The second-order valence-electron chi connectivity index (χ2n) is 9.18. The molecule has 1 saturated heterocycles. The number of hydrogen-bond acceptors (Lipinski definition) is 7. The van der Waals surface area contributed by atoms with Crippen LogP contribution in [0.4, 0.5) is 27.9 Å². The van der Waals surface area contributed by atoms with E-state index >= 15 is 0 Å². The number of nitrogens with zero attached hydrogens (tertiary/aromatic N) is 6. The first-order chi connectivity index (χ1) is 18.8. The number of piperazine rings is 1. The topological polar surface area (TPSA) is 104 Å². The molecule has 0 saturated carbocycles. The molecule has 0 spiro atoms. The Morgan fingerprint density at radius 2 is 1.82 bits per heavy atom. The van der Waals surface area contributed by atoms with Gasteiger partial charge in [0.2, 0.25) is 16.0 Å². The molecule has 1 aliphatic rings. The molecule has 3 heterocycles. The fraction of sp³-hybridized carbons (Fsp3) is 0.292. The number of sulfonamides is 1. The molecule has 0 bridgehead atoms. The molecule has 1 fully saturated rings. The Balaban J connectivity index is 1.57. The van der Waals surface area contributed by atoms with Gasteiger partial charge in [-0.2, -0.15) is 22.6 Å². The van der Waals surface area contributed by atoms with Crippen LogP contribution in [0.3, 0.4) is 0 Å². The summed E-state index contributed by atoms with van der Waals surface area (Å²) in [5.74, 6) is -5.53. The number of aromatic hydroxyl groups is 1. The minimum Gasteiger partial charge on any atom is -0.503 e. The summed E-state index contributed by atoms with van der Waals surface area (Å²) in [5, 5.41) is 13.3. The lowest BCUT2D eigenvalue weighted by atomic mass is 10.0. The highest BCUT2D eigenvalue weighted by atomic mass is 35.5. The summed E-state index contributed by atoms with van der Waals surface area (Å²) >= 11 is 6.23. The van der Waals surface area contributed by atoms with Crippen LogP contribution in [0.5, 0.6) is 5.75 Å². The van der Waals surface area contributed by atoms with Gasteiger partial charge in [-0.1, -0.05) is 41.9 Å². The largest absolute Gasteiger partial charge is 0.503 e. The van der Waals surface area contributed by atoms with Crippen molar-refractivity contribution in [3.05, 3.63) is 70.5 Å². The predicted molar refractivity (Wildman–Crippen MR) is 136 cm³/mol.